The van der Waals surface area contributed by atoms with Crippen molar-refractivity contribution in [1.29, 1.82) is 0 Å². The van der Waals surface area contributed by atoms with Crippen molar-refractivity contribution in [3.8, 4) is 0 Å². The second-order valence-electron chi connectivity index (χ2n) is 4.33. The van der Waals surface area contributed by atoms with Crippen LogP contribution < -0.4 is 4.72 Å². The zero-order valence-corrected chi connectivity index (χ0v) is 10.9. The summed E-state index contributed by atoms with van der Waals surface area (Å²) < 4.78 is 25.3. The van der Waals surface area contributed by atoms with Gasteiger partial charge >= 0.3 is 5.97 Å². The summed E-state index contributed by atoms with van der Waals surface area (Å²) in [6.45, 7) is 5.49. The Morgan fingerprint density at radius 1 is 1.38 bits per heavy atom. The molecule has 0 saturated carbocycles. The lowest BCUT2D eigenvalue weighted by atomic mass is 10.1. The number of carboxylic acid groups (broad SMARTS) is 1. The van der Waals surface area contributed by atoms with E-state index in [1.165, 1.54) is 0 Å². The molecule has 0 radical (unpaired) electrons. The Balaban J connectivity index is 4.44. The van der Waals surface area contributed by atoms with Gasteiger partial charge in [-0.05, 0) is 12.3 Å². The normalized spacial score (nSPS) is 14.0. The van der Waals surface area contributed by atoms with Gasteiger partial charge in [0.25, 0.3) is 0 Å². The van der Waals surface area contributed by atoms with Gasteiger partial charge in [-0.25, -0.2) is 13.1 Å². The molecule has 5 nitrogen and oxygen atoms in total. The first-order valence-corrected chi connectivity index (χ1v) is 7.16. The Bertz CT molecular complexity index is 311. The van der Waals surface area contributed by atoms with Crippen LogP contribution in [0.4, 0.5) is 0 Å². The average molecular weight is 251 g/mol. The van der Waals surface area contributed by atoms with E-state index >= 15 is 0 Å². The van der Waals surface area contributed by atoms with Gasteiger partial charge in [0.15, 0.2) is 0 Å². The summed E-state index contributed by atoms with van der Waals surface area (Å²) in [5.74, 6) is -1.16. The van der Waals surface area contributed by atoms with Gasteiger partial charge in [-0.15, -0.1) is 0 Å². The highest BCUT2D eigenvalue weighted by Gasteiger charge is 2.23. The Kier molecular flexibility index (Phi) is 6.59. The summed E-state index contributed by atoms with van der Waals surface area (Å²) >= 11 is 0. The van der Waals surface area contributed by atoms with Crippen molar-refractivity contribution in [2.75, 3.05) is 5.75 Å². The lowest BCUT2D eigenvalue weighted by Gasteiger charge is -2.15. The molecule has 6 heteroatoms. The molecule has 2 N–H and O–H groups in total. The first-order valence-electron chi connectivity index (χ1n) is 5.51. The molecule has 96 valence electrons. The van der Waals surface area contributed by atoms with Crippen LogP contribution in [0.1, 0.15) is 40.0 Å². The van der Waals surface area contributed by atoms with Crippen LogP contribution in [0.2, 0.25) is 0 Å². The van der Waals surface area contributed by atoms with Crippen molar-refractivity contribution in [2.24, 2.45) is 5.92 Å². The van der Waals surface area contributed by atoms with Crippen LogP contribution in [0.25, 0.3) is 0 Å². The van der Waals surface area contributed by atoms with E-state index in [2.05, 4.69) is 4.72 Å². The second-order valence-corrected chi connectivity index (χ2v) is 6.12. The Morgan fingerprint density at radius 3 is 2.31 bits per heavy atom. The van der Waals surface area contributed by atoms with Gasteiger partial charge < -0.3 is 5.11 Å². The van der Waals surface area contributed by atoms with Crippen LogP contribution in [0.3, 0.4) is 0 Å². The summed E-state index contributed by atoms with van der Waals surface area (Å²) in [7, 11) is -3.49. The molecule has 0 unspecified atom stereocenters. The number of nitrogens with one attached hydrogen (secondary N) is 1. The largest absolute Gasteiger partial charge is 0.480 e. The zero-order valence-electron chi connectivity index (χ0n) is 10.1. The van der Waals surface area contributed by atoms with Crippen molar-refractivity contribution in [3.63, 3.8) is 0 Å². The summed E-state index contributed by atoms with van der Waals surface area (Å²) in [6, 6.07) is -0.997. The molecular weight excluding hydrogens is 230 g/mol. The summed E-state index contributed by atoms with van der Waals surface area (Å²) in [6.07, 6.45) is 1.88. The summed E-state index contributed by atoms with van der Waals surface area (Å²) in [5, 5.41) is 8.87. The predicted molar refractivity (Wildman–Crippen MR) is 62.7 cm³/mol. The van der Waals surface area contributed by atoms with Gasteiger partial charge in [-0.2, -0.15) is 0 Å². The van der Waals surface area contributed by atoms with Gasteiger partial charge in [0.2, 0.25) is 10.0 Å². The van der Waals surface area contributed by atoms with Crippen LogP contribution in [0.15, 0.2) is 0 Å². The van der Waals surface area contributed by atoms with E-state index in [9.17, 15) is 13.2 Å². The highest BCUT2D eigenvalue weighted by molar-refractivity contribution is 7.89. The molecule has 0 aliphatic rings. The first kappa shape index (κ1) is 15.4. The van der Waals surface area contributed by atoms with Gasteiger partial charge in [0.05, 0.1) is 5.75 Å². The molecule has 1 atom stereocenters. The fraction of sp³-hybridized carbons (Fsp3) is 0.900. The number of rotatable bonds is 8. The van der Waals surface area contributed by atoms with E-state index in [4.69, 9.17) is 5.11 Å². The monoisotopic (exact) mass is 251 g/mol. The molecule has 0 fully saturated rings. The van der Waals surface area contributed by atoms with Crippen molar-refractivity contribution in [1.82, 2.24) is 4.72 Å². The third-order valence-corrected chi connectivity index (χ3v) is 3.77. The zero-order chi connectivity index (χ0) is 12.8. The highest BCUT2D eigenvalue weighted by Crippen LogP contribution is 2.05. The molecule has 0 aromatic carbocycles. The lowest BCUT2D eigenvalue weighted by Crippen LogP contribution is -2.42. The van der Waals surface area contributed by atoms with E-state index < -0.39 is 22.0 Å². The quantitative estimate of drug-likeness (QED) is 0.679. The van der Waals surface area contributed by atoms with E-state index in [0.29, 0.717) is 12.8 Å². The maximum absolute atomic E-state index is 11.5. The molecule has 0 aromatic rings. The summed E-state index contributed by atoms with van der Waals surface area (Å²) in [4.78, 5) is 10.8. The van der Waals surface area contributed by atoms with Crippen LogP contribution in [-0.2, 0) is 14.8 Å². The molecule has 0 rings (SSSR count). The number of sulfonamides is 1. The van der Waals surface area contributed by atoms with Crippen LogP contribution in [0.5, 0.6) is 0 Å². The minimum absolute atomic E-state index is 0.0156. The van der Waals surface area contributed by atoms with E-state index in [0.717, 1.165) is 6.42 Å². The lowest BCUT2D eigenvalue weighted by molar-refractivity contribution is -0.139. The second kappa shape index (κ2) is 6.85. The van der Waals surface area contributed by atoms with E-state index in [1.807, 2.05) is 6.92 Å². The molecule has 0 aromatic heterocycles. The number of hydrogen-bond donors (Lipinski definition) is 2. The van der Waals surface area contributed by atoms with Gasteiger partial charge in [-0.3, -0.25) is 4.79 Å². The van der Waals surface area contributed by atoms with Crippen molar-refractivity contribution in [2.45, 2.75) is 46.1 Å². The smallest absolute Gasteiger partial charge is 0.321 e. The van der Waals surface area contributed by atoms with Crippen LogP contribution in [0, 0.1) is 5.92 Å². The number of unbranched alkanes of at least 4 members (excludes halogenated alkanes) is 1. The SMILES string of the molecule is CCCC[C@H](NS(=O)(=O)CC(C)C)C(=O)O. The number of hydrogen-bond acceptors (Lipinski definition) is 3. The molecule has 0 aliphatic carbocycles. The fourth-order valence-corrected chi connectivity index (χ4v) is 2.97. The standard InChI is InChI=1S/C10H21NO4S/c1-4-5-6-9(10(12)13)11-16(14,15)7-8(2)3/h8-9,11H,4-7H2,1-3H3,(H,12,13)/t9-/m0/s1. The predicted octanol–water partition coefficient (Wildman–Crippen LogP) is 1.21. The fourth-order valence-electron chi connectivity index (χ4n) is 1.34. The minimum Gasteiger partial charge on any atom is -0.480 e. The van der Waals surface area contributed by atoms with Gasteiger partial charge in [-0.1, -0.05) is 33.6 Å². The molecular formula is C10H21NO4S. The average Bonchev–Trinajstić information content (AvgIpc) is 2.09. The Hall–Kier alpha value is -0.620. The van der Waals surface area contributed by atoms with Crippen LogP contribution >= 0.6 is 0 Å². The van der Waals surface area contributed by atoms with Crippen molar-refractivity contribution >= 4 is 16.0 Å². The van der Waals surface area contributed by atoms with Crippen LogP contribution in [-0.4, -0.2) is 31.3 Å². The molecule has 0 bridgehead atoms. The number of carboxylic acids is 1. The minimum atomic E-state index is -3.49. The Labute approximate surface area is 97.3 Å². The Morgan fingerprint density at radius 2 is 1.94 bits per heavy atom. The third-order valence-electron chi connectivity index (χ3n) is 2.02. The topological polar surface area (TPSA) is 83.5 Å². The molecule has 0 heterocycles. The molecule has 0 saturated heterocycles. The first-order chi connectivity index (χ1) is 7.28. The van der Waals surface area contributed by atoms with Gasteiger partial charge in [0.1, 0.15) is 6.04 Å². The highest BCUT2D eigenvalue weighted by atomic mass is 32.2. The molecule has 0 spiro atoms. The number of carbonyl (C=O) groups is 1. The summed E-state index contributed by atoms with van der Waals surface area (Å²) in [5.41, 5.74) is 0. The van der Waals surface area contributed by atoms with E-state index in [1.54, 1.807) is 13.8 Å². The maximum atomic E-state index is 11.5. The van der Waals surface area contributed by atoms with Gasteiger partial charge in [0, 0.05) is 0 Å². The van der Waals surface area contributed by atoms with Crippen molar-refractivity contribution < 1.29 is 18.3 Å². The molecule has 0 aliphatic heterocycles. The maximum Gasteiger partial charge on any atom is 0.321 e. The van der Waals surface area contributed by atoms with E-state index in [-0.39, 0.29) is 11.7 Å². The van der Waals surface area contributed by atoms with Crippen molar-refractivity contribution in [3.05, 3.63) is 0 Å². The molecule has 16 heavy (non-hydrogen) atoms. The third kappa shape index (κ3) is 6.79. The number of aliphatic carboxylic acids is 1. The molecule has 0 amide bonds.